The van der Waals surface area contributed by atoms with Crippen LogP contribution in [0, 0.1) is 5.92 Å². The first kappa shape index (κ1) is 14.1. The number of nitrogens with zero attached hydrogens (tertiary/aromatic N) is 1. The molecule has 2 aliphatic rings. The predicted molar refractivity (Wildman–Crippen MR) is 76.6 cm³/mol. The third-order valence-corrected chi connectivity index (χ3v) is 4.29. The molecule has 0 bridgehead atoms. The quantitative estimate of drug-likeness (QED) is 0.854. The summed E-state index contributed by atoms with van der Waals surface area (Å²) in [7, 11) is 2.83. The molecule has 0 aromatic carbocycles. The van der Waals surface area contributed by atoms with E-state index in [4.69, 9.17) is 14.2 Å². The lowest BCUT2D eigenvalue weighted by Gasteiger charge is -2.47. The van der Waals surface area contributed by atoms with Gasteiger partial charge in [0.15, 0.2) is 0 Å². The summed E-state index contributed by atoms with van der Waals surface area (Å²) in [5.74, 6) is 1.11. The van der Waals surface area contributed by atoms with Crippen LogP contribution in [0.5, 0.6) is 5.88 Å². The molecule has 3 unspecified atom stereocenters. The minimum absolute atomic E-state index is 0.280. The lowest BCUT2D eigenvalue weighted by molar-refractivity contribution is -0.0898. The van der Waals surface area contributed by atoms with E-state index in [0.29, 0.717) is 29.4 Å². The molecule has 0 spiro atoms. The van der Waals surface area contributed by atoms with Crippen molar-refractivity contribution in [2.75, 3.05) is 26.1 Å². The van der Waals surface area contributed by atoms with E-state index in [2.05, 4.69) is 10.3 Å². The lowest BCUT2D eigenvalue weighted by atomic mass is 9.72. The molecule has 1 saturated carbocycles. The summed E-state index contributed by atoms with van der Waals surface area (Å²) in [6.07, 6.45) is 3.72. The summed E-state index contributed by atoms with van der Waals surface area (Å²) in [5, 5.41) is 3.41. The first-order valence-corrected chi connectivity index (χ1v) is 7.24. The van der Waals surface area contributed by atoms with Crippen molar-refractivity contribution in [2.24, 2.45) is 5.92 Å². The Morgan fingerprint density at radius 1 is 1.43 bits per heavy atom. The number of carbonyl (C=O) groups excluding carboxylic acids is 1. The fourth-order valence-corrected chi connectivity index (χ4v) is 3.09. The van der Waals surface area contributed by atoms with Gasteiger partial charge >= 0.3 is 5.97 Å². The van der Waals surface area contributed by atoms with Crippen LogP contribution in [-0.4, -0.2) is 43.9 Å². The summed E-state index contributed by atoms with van der Waals surface area (Å²) in [6, 6.07) is 3.84. The van der Waals surface area contributed by atoms with Gasteiger partial charge in [-0.25, -0.2) is 4.79 Å². The molecule has 114 valence electrons. The van der Waals surface area contributed by atoms with Crippen LogP contribution >= 0.6 is 0 Å². The molecule has 6 heteroatoms. The van der Waals surface area contributed by atoms with E-state index in [-0.39, 0.29) is 5.88 Å². The van der Waals surface area contributed by atoms with Crippen molar-refractivity contribution in [2.45, 2.75) is 31.4 Å². The van der Waals surface area contributed by atoms with Crippen LogP contribution in [0.4, 0.5) is 5.82 Å². The van der Waals surface area contributed by atoms with E-state index in [1.165, 1.54) is 20.6 Å². The summed E-state index contributed by atoms with van der Waals surface area (Å²) < 4.78 is 15.6. The molecule has 21 heavy (non-hydrogen) atoms. The Balaban J connectivity index is 1.70. The first-order chi connectivity index (χ1) is 10.2. The molecule has 3 atom stereocenters. The van der Waals surface area contributed by atoms with Crippen LogP contribution in [0.1, 0.15) is 29.6 Å². The van der Waals surface area contributed by atoms with E-state index in [0.717, 1.165) is 19.4 Å². The van der Waals surface area contributed by atoms with Gasteiger partial charge in [-0.1, -0.05) is 0 Å². The van der Waals surface area contributed by atoms with Gasteiger partial charge < -0.3 is 19.5 Å². The molecule has 1 aliphatic carbocycles. The molecule has 0 radical (unpaired) electrons. The SMILES string of the molecule is COC(=O)c1ccc(NC2CC3OCCCC23)nc1OC. The number of esters is 1. The van der Waals surface area contributed by atoms with Crippen LogP contribution in [0.3, 0.4) is 0 Å². The van der Waals surface area contributed by atoms with Crippen LogP contribution in [0.2, 0.25) is 0 Å². The monoisotopic (exact) mass is 292 g/mol. The smallest absolute Gasteiger partial charge is 0.343 e. The summed E-state index contributed by atoms with van der Waals surface area (Å²) in [6.45, 7) is 0.883. The topological polar surface area (TPSA) is 69.7 Å². The molecule has 2 fully saturated rings. The van der Waals surface area contributed by atoms with Gasteiger partial charge in [-0.05, 0) is 31.4 Å². The van der Waals surface area contributed by atoms with Crippen LogP contribution in [0.15, 0.2) is 12.1 Å². The number of ether oxygens (including phenoxy) is 3. The second-order valence-electron chi connectivity index (χ2n) is 5.45. The zero-order valence-electron chi connectivity index (χ0n) is 12.3. The minimum Gasteiger partial charge on any atom is -0.480 e. The Bertz CT molecular complexity index is 534. The number of pyridine rings is 1. The van der Waals surface area contributed by atoms with Gasteiger partial charge in [0.2, 0.25) is 5.88 Å². The Morgan fingerprint density at radius 2 is 2.29 bits per heavy atom. The Hall–Kier alpha value is -1.82. The van der Waals surface area contributed by atoms with Crippen LogP contribution in [-0.2, 0) is 9.47 Å². The maximum Gasteiger partial charge on any atom is 0.343 e. The average Bonchev–Trinajstić information content (AvgIpc) is 2.51. The number of hydrogen-bond donors (Lipinski definition) is 1. The van der Waals surface area contributed by atoms with E-state index in [9.17, 15) is 4.79 Å². The van der Waals surface area contributed by atoms with Crippen molar-refractivity contribution >= 4 is 11.8 Å². The van der Waals surface area contributed by atoms with Gasteiger partial charge in [0.05, 0.1) is 20.3 Å². The van der Waals surface area contributed by atoms with Gasteiger partial charge in [0.1, 0.15) is 11.4 Å². The number of hydrogen-bond acceptors (Lipinski definition) is 6. The van der Waals surface area contributed by atoms with E-state index < -0.39 is 5.97 Å². The highest BCUT2D eigenvalue weighted by Crippen LogP contribution is 2.39. The van der Waals surface area contributed by atoms with E-state index in [1.54, 1.807) is 12.1 Å². The summed E-state index contributed by atoms with van der Waals surface area (Å²) >= 11 is 0. The number of carbonyl (C=O) groups is 1. The fourth-order valence-electron chi connectivity index (χ4n) is 3.09. The average molecular weight is 292 g/mol. The van der Waals surface area contributed by atoms with E-state index in [1.807, 2.05) is 0 Å². The second kappa shape index (κ2) is 5.89. The molecule has 1 aromatic heterocycles. The summed E-state index contributed by atoms with van der Waals surface area (Å²) in [4.78, 5) is 15.9. The lowest BCUT2D eigenvalue weighted by Crippen LogP contribution is -2.53. The number of fused-ring (bicyclic) bond motifs is 1. The van der Waals surface area contributed by atoms with Crippen molar-refractivity contribution in [1.82, 2.24) is 4.98 Å². The Kier molecular flexibility index (Phi) is 3.96. The normalized spacial score (nSPS) is 27.2. The molecule has 3 rings (SSSR count). The number of rotatable bonds is 4. The number of anilines is 1. The molecule has 1 aliphatic heterocycles. The van der Waals surface area contributed by atoms with Gasteiger partial charge in [0, 0.05) is 18.6 Å². The second-order valence-corrected chi connectivity index (χ2v) is 5.45. The molecule has 6 nitrogen and oxygen atoms in total. The van der Waals surface area contributed by atoms with Gasteiger partial charge in [0.25, 0.3) is 0 Å². The maximum absolute atomic E-state index is 11.6. The largest absolute Gasteiger partial charge is 0.480 e. The highest BCUT2D eigenvalue weighted by atomic mass is 16.5. The molecule has 0 amide bonds. The molecular weight excluding hydrogens is 272 g/mol. The highest BCUT2D eigenvalue weighted by molar-refractivity contribution is 5.92. The summed E-state index contributed by atoms with van der Waals surface area (Å²) in [5.41, 5.74) is 0.332. The van der Waals surface area contributed by atoms with Crippen molar-refractivity contribution in [3.05, 3.63) is 17.7 Å². The van der Waals surface area contributed by atoms with Gasteiger partial charge in [-0.2, -0.15) is 4.98 Å². The van der Waals surface area contributed by atoms with Crippen molar-refractivity contribution in [3.8, 4) is 5.88 Å². The van der Waals surface area contributed by atoms with Crippen molar-refractivity contribution in [3.63, 3.8) is 0 Å². The van der Waals surface area contributed by atoms with Gasteiger partial charge in [-0.15, -0.1) is 0 Å². The standard InChI is InChI=1S/C15H20N2O4/c1-19-14-10(15(18)20-2)5-6-13(17-14)16-11-8-12-9(11)4-3-7-21-12/h5-6,9,11-12H,3-4,7-8H2,1-2H3,(H,16,17). The third-order valence-electron chi connectivity index (χ3n) is 4.29. The molecule has 1 saturated heterocycles. The third kappa shape index (κ3) is 2.68. The molecule has 1 N–H and O–H groups in total. The van der Waals surface area contributed by atoms with Crippen LogP contribution in [0.25, 0.3) is 0 Å². The Labute approximate surface area is 123 Å². The minimum atomic E-state index is -0.449. The number of aromatic nitrogens is 1. The fraction of sp³-hybridized carbons (Fsp3) is 0.600. The molecule has 1 aromatic rings. The van der Waals surface area contributed by atoms with E-state index >= 15 is 0 Å². The van der Waals surface area contributed by atoms with Crippen LogP contribution < -0.4 is 10.1 Å². The van der Waals surface area contributed by atoms with Crippen molar-refractivity contribution < 1.29 is 19.0 Å². The highest BCUT2D eigenvalue weighted by Gasteiger charge is 2.43. The maximum atomic E-state index is 11.6. The molecule has 2 heterocycles. The Morgan fingerprint density at radius 3 is 3.00 bits per heavy atom. The number of methoxy groups -OCH3 is 2. The zero-order valence-corrected chi connectivity index (χ0v) is 12.3. The first-order valence-electron chi connectivity index (χ1n) is 7.24. The molecular formula is C15H20N2O4. The van der Waals surface area contributed by atoms with Gasteiger partial charge in [-0.3, -0.25) is 0 Å². The predicted octanol–water partition coefficient (Wildman–Crippen LogP) is 1.86. The van der Waals surface area contributed by atoms with Crippen molar-refractivity contribution in [1.29, 1.82) is 0 Å². The number of nitrogens with one attached hydrogen (secondary N) is 1. The zero-order chi connectivity index (χ0) is 14.8.